The lowest BCUT2D eigenvalue weighted by Gasteiger charge is -2.43. The molecule has 2 aromatic rings. The third kappa shape index (κ3) is 5.83. The molecule has 0 aromatic heterocycles. The van der Waals surface area contributed by atoms with Crippen molar-refractivity contribution < 1.29 is 24.5 Å². The number of hydrogen-bond acceptors (Lipinski definition) is 4. The van der Waals surface area contributed by atoms with E-state index in [2.05, 4.69) is 29.1 Å². The van der Waals surface area contributed by atoms with Crippen molar-refractivity contribution in [1.29, 1.82) is 0 Å². The van der Waals surface area contributed by atoms with Gasteiger partial charge in [0.2, 0.25) is 0 Å². The number of methoxy groups -OCH3 is 1. The van der Waals surface area contributed by atoms with E-state index in [0.717, 1.165) is 23.1 Å². The van der Waals surface area contributed by atoms with Gasteiger partial charge in [-0.1, -0.05) is 54.9 Å². The molecule has 1 saturated heterocycles. The summed E-state index contributed by atoms with van der Waals surface area (Å²) in [7, 11) is 1.30. The minimum atomic E-state index is -1.34. The Kier molecular flexibility index (Phi) is 8.80. The molecule has 1 aliphatic heterocycles. The summed E-state index contributed by atoms with van der Waals surface area (Å²) in [6.45, 7) is 3.09. The van der Waals surface area contributed by atoms with Crippen molar-refractivity contribution in [2.45, 2.75) is 44.6 Å². The van der Waals surface area contributed by atoms with E-state index in [0.29, 0.717) is 49.4 Å². The van der Waals surface area contributed by atoms with Crippen LogP contribution in [0.15, 0.2) is 42.5 Å². The maximum absolute atomic E-state index is 12.3. The zero-order valence-corrected chi connectivity index (χ0v) is 20.5. The number of likely N-dealkylation sites (tertiary alicyclic amines) is 1. The average Bonchev–Trinajstić information content (AvgIpc) is 2.86. The number of aryl methyl sites for hydroxylation is 1. The molecule has 0 bridgehead atoms. The number of nitrogens with one attached hydrogen (secondary N) is 1. The number of alkyl carbamates (subject to hydrolysis) is 1. The molecule has 1 aliphatic rings. The fourth-order valence-electron chi connectivity index (χ4n) is 4.84. The molecular formula is C26H33ClN2O5. The fraction of sp³-hybridized carbons (Fsp3) is 0.462. The number of aliphatic hydroxyl groups is 1. The van der Waals surface area contributed by atoms with Crippen LogP contribution in [-0.2, 0) is 16.8 Å². The normalized spacial score (nSPS) is 17.6. The SMILES string of the molecule is CCc1cccc(-c2c(Cl)cccc2C(O)(CCCNC(=O)OC)[C@@H]2CCCN(C(=O)O)C2)c1. The summed E-state index contributed by atoms with van der Waals surface area (Å²) in [5.41, 5.74) is 2.17. The molecule has 1 unspecified atom stereocenters. The molecule has 1 fully saturated rings. The Hall–Kier alpha value is -2.77. The molecule has 1 heterocycles. The maximum Gasteiger partial charge on any atom is 0.407 e. The first-order valence-corrected chi connectivity index (χ1v) is 12.1. The maximum atomic E-state index is 12.3. The third-order valence-corrected chi connectivity index (χ3v) is 6.98. The number of nitrogens with zero attached hydrogens (tertiary/aromatic N) is 1. The molecule has 3 N–H and O–H groups in total. The molecule has 8 heteroatoms. The van der Waals surface area contributed by atoms with Gasteiger partial charge in [-0.05, 0) is 54.9 Å². The molecule has 0 spiro atoms. The van der Waals surface area contributed by atoms with E-state index in [4.69, 9.17) is 11.6 Å². The van der Waals surface area contributed by atoms with Crippen LogP contribution in [0.2, 0.25) is 5.02 Å². The van der Waals surface area contributed by atoms with Crippen molar-refractivity contribution in [2.75, 3.05) is 26.7 Å². The molecule has 2 atom stereocenters. The summed E-state index contributed by atoms with van der Waals surface area (Å²) in [5, 5.41) is 25.1. The second kappa shape index (κ2) is 11.6. The first kappa shape index (κ1) is 25.8. The van der Waals surface area contributed by atoms with Gasteiger partial charge in [0.25, 0.3) is 0 Å². The van der Waals surface area contributed by atoms with Crippen LogP contribution in [0.3, 0.4) is 0 Å². The third-order valence-electron chi connectivity index (χ3n) is 6.66. The number of rotatable bonds is 8. The van der Waals surface area contributed by atoms with E-state index in [1.807, 2.05) is 30.3 Å². The van der Waals surface area contributed by atoms with Gasteiger partial charge in [-0.25, -0.2) is 9.59 Å². The smallest absolute Gasteiger partial charge is 0.407 e. The summed E-state index contributed by atoms with van der Waals surface area (Å²) in [6, 6.07) is 13.6. The van der Waals surface area contributed by atoms with E-state index >= 15 is 0 Å². The summed E-state index contributed by atoms with van der Waals surface area (Å²) < 4.78 is 4.64. The van der Waals surface area contributed by atoms with Crippen molar-refractivity contribution in [2.24, 2.45) is 5.92 Å². The quantitative estimate of drug-likeness (QED) is 0.439. The predicted octanol–water partition coefficient (Wildman–Crippen LogP) is 5.28. The zero-order valence-electron chi connectivity index (χ0n) is 19.7. The van der Waals surface area contributed by atoms with Crippen LogP contribution in [0.5, 0.6) is 0 Å². The summed E-state index contributed by atoms with van der Waals surface area (Å²) in [6.07, 6.45) is 1.52. The number of ether oxygens (including phenoxy) is 1. The highest BCUT2D eigenvalue weighted by Crippen LogP contribution is 2.45. The van der Waals surface area contributed by atoms with E-state index in [1.54, 1.807) is 0 Å². The molecule has 0 saturated carbocycles. The molecule has 34 heavy (non-hydrogen) atoms. The Bertz CT molecular complexity index is 1010. The van der Waals surface area contributed by atoms with Gasteiger partial charge in [0, 0.05) is 36.1 Å². The highest BCUT2D eigenvalue weighted by atomic mass is 35.5. The molecule has 2 amide bonds. The zero-order chi connectivity index (χ0) is 24.7. The van der Waals surface area contributed by atoms with Gasteiger partial charge in [-0.2, -0.15) is 0 Å². The lowest BCUT2D eigenvalue weighted by Crippen LogP contribution is -2.48. The molecule has 184 valence electrons. The van der Waals surface area contributed by atoms with Crippen LogP contribution in [0, 0.1) is 5.92 Å². The first-order chi connectivity index (χ1) is 16.3. The van der Waals surface area contributed by atoms with Gasteiger partial charge in [-0.15, -0.1) is 0 Å². The lowest BCUT2D eigenvalue weighted by atomic mass is 9.72. The van der Waals surface area contributed by atoms with E-state index in [9.17, 15) is 19.8 Å². The van der Waals surface area contributed by atoms with Gasteiger partial charge in [0.05, 0.1) is 12.7 Å². The van der Waals surface area contributed by atoms with Crippen molar-refractivity contribution in [3.05, 3.63) is 58.6 Å². The Morgan fingerprint density at radius 1 is 1.26 bits per heavy atom. The van der Waals surface area contributed by atoms with Crippen molar-refractivity contribution in [3.8, 4) is 11.1 Å². The van der Waals surface area contributed by atoms with Gasteiger partial charge >= 0.3 is 12.2 Å². The standard InChI is InChI=1S/C26H33ClN2O5/c1-3-18-8-4-9-19(16-18)23-21(11-5-12-22(23)27)26(33,13-7-14-28-24(30)34-2)20-10-6-15-29(17-20)25(31)32/h4-5,8-9,11-12,16,20,33H,3,6-7,10,13-15,17H2,1-2H3,(H,28,30)(H,31,32)/t20-,26?/m1/s1. The number of benzene rings is 2. The first-order valence-electron chi connectivity index (χ1n) is 11.7. The number of carbonyl (C=O) groups is 2. The van der Waals surface area contributed by atoms with Crippen LogP contribution >= 0.6 is 11.6 Å². The van der Waals surface area contributed by atoms with Crippen LogP contribution in [0.25, 0.3) is 11.1 Å². The van der Waals surface area contributed by atoms with Gasteiger partial charge < -0.3 is 25.2 Å². The highest BCUT2D eigenvalue weighted by molar-refractivity contribution is 6.33. The Morgan fingerprint density at radius 2 is 2.03 bits per heavy atom. The number of carbonyl (C=O) groups excluding carboxylic acids is 1. The van der Waals surface area contributed by atoms with E-state index < -0.39 is 17.8 Å². The Morgan fingerprint density at radius 3 is 2.74 bits per heavy atom. The van der Waals surface area contributed by atoms with Crippen LogP contribution < -0.4 is 5.32 Å². The summed E-state index contributed by atoms with van der Waals surface area (Å²) in [4.78, 5) is 24.6. The predicted molar refractivity (Wildman–Crippen MR) is 132 cm³/mol. The monoisotopic (exact) mass is 488 g/mol. The van der Waals surface area contributed by atoms with Crippen molar-refractivity contribution in [3.63, 3.8) is 0 Å². The summed E-state index contributed by atoms with van der Waals surface area (Å²) in [5.74, 6) is -0.318. The second-order valence-electron chi connectivity index (χ2n) is 8.73. The summed E-state index contributed by atoms with van der Waals surface area (Å²) >= 11 is 6.72. The Labute approximate surface area is 205 Å². The van der Waals surface area contributed by atoms with Crippen LogP contribution in [-0.4, -0.2) is 54.0 Å². The van der Waals surface area contributed by atoms with Crippen LogP contribution in [0.1, 0.15) is 43.7 Å². The van der Waals surface area contributed by atoms with Gasteiger partial charge in [0.1, 0.15) is 0 Å². The number of halogens is 1. The lowest BCUT2D eigenvalue weighted by molar-refractivity contribution is -0.0570. The topological polar surface area (TPSA) is 99.1 Å². The molecular weight excluding hydrogens is 456 g/mol. The minimum Gasteiger partial charge on any atom is -0.465 e. The van der Waals surface area contributed by atoms with E-state index in [-0.39, 0.29) is 12.5 Å². The Balaban J connectivity index is 2.04. The average molecular weight is 489 g/mol. The van der Waals surface area contributed by atoms with Gasteiger partial charge in [0.15, 0.2) is 0 Å². The molecule has 0 aliphatic carbocycles. The number of piperidine rings is 1. The van der Waals surface area contributed by atoms with Crippen molar-refractivity contribution in [1.82, 2.24) is 10.2 Å². The molecule has 3 rings (SSSR count). The molecule has 0 radical (unpaired) electrons. The largest absolute Gasteiger partial charge is 0.465 e. The van der Waals surface area contributed by atoms with Crippen LogP contribution in [0.4, 0.5) is 9.59 Å². The van der Waals surface area contributed by atoms with E-state index in [1.165, 1.54) is 12.0 Å². The molecule has 7 nitrogen and oxygen atoms in total. The second-order valence-corrected chi connectivity index (χ2v) is 9.14. The fourth-order valence-corrected chi connectivity index (χ4v) is 5.13. The number of amides is 2. The van der Waals surface area contributed by atoms with Gasteiger partial charge in [-0.3, -0.25) is 0 Å². The highest BCUT2D eigenvalue weighted by Gasteiger charge is 2.43. The molecule has 2 aromatic carbocycles. The number of hydrogen-bond donors (Lipinski definition) is 3. The number of carboxylic acid groups (broad SMARTS) is 1. The van der Waals surface area contributed by atoms with Crippen molar-refractivity contribution >= 4 is 23.8 Å². The minimum absolute atomic E-state index is 0.233.